The first-order chi connectivity index (χ1) is 7.97. The zero-order valence-corrected chi connectivity index (χ0v) is 11.5. The van der Waals surface area contributed by atoms with Gasteiger partial charge in [-0.05, 0) is 25.5 Å². The number of hydrogen-bond acceptors (Lipinski definition) is 3. The third kappa shape index (κ3) is 1.93. The topological polar surface area (TPSA) is 50.9 Å². The van der Waals surface area contributed by atoms with E-state index in [1.54, 1.807) is 6.07 Å². The lowest BCUT2D eigenvalue weighted by Gasteiger charge is -2.14. The molecule has 0 aliphatic heterocycles. The summed E-state index contributed by atoms with van der Waals surface area (Å²) in [5, 5.41) is 1.88. The van der Waals surface area contributed by atoms with E-state index in [4.69, 9.17) is 40.6 Å². The Kier molecular flexibility index (Phi) is 3.36. The molecule has 0 unspecified atom stereocenters. The van der Waals surface area contributed by atoms with Gasteiger partial charge < -0.3 is 5.43 Å². The number of hydrogen-bond donors (Lipinski definition) is 2. The maximum absolute atomic E-state index is 6.18. The molecule has 0 radical (unpaired) electrons. The van der Waals surface area contributed by atoms with Crippen molar-refractivity contribution in [3.8, 4) is 0 Å². The number of halogens is 3. The molecule has 0 saturated carbocycles. The maximum atomic E-state index is 6.18. The second-order valence-corrected chi connectivity index (χ2v) is 4.91. The molecule has 0 aliphatic carbocycles. The number of rotatable bonds is 1. The van der Waals surface area contributed by atoms with Gasteiger partial charge in [0.2, 0.25) is 0 Å². The summed E-state index contributed by atoms with van der Waals surface area (Å²) in [4.78, 5) is 4.41. The predicted octanol–water partition coefficient (Wildman–Crippen LogP) is 4.10. The van der Waals surface area contributed by atoms with Crippen molar-refractivity contribution in [1.29, 1.82) is 0 Å². The first-order valence-corrected chi connectivity index (χ1v) is 6.01. The Morgan fingerprint density at radius 2 is 1.82 bits per heavy atom. The molecule has 1 heterocycles. The molecule has 0 fully saturated rings. The SMILES string of the molecule is Cc1nc2c(Cl)cc(Cl)c(Cl)c2c(NN)c1C. The van der Waals surface area contributed by atoms with Crippen molar-refractivity contribution in [3.63, 3.8) is 0 Å². The largest absolute Gasteiger partial charge is 0.323 e. The average Bonchev–Trinajstić information content (AvgIpc) is 2.28. The standard InChI is InChI=1S/C11H10Cl3N3/c1-4-5(2)16-11-7(13)3-6(12)9(14)8(11)10(4)17-15/h3H,15H2,1-2H3,(H,16,17). The number of nitrogens with one attached hydrogen (secondary N) is 1. The van der Waals surface area contributed by atoms with Crippen LogP contribution in [0.15, 0.2) is 6.07 Å². The van der Waals surface area contributed by atoms with Gasteiger partial charge in [0.25, 0.3) is 0 Å². The smallest absolute Gasteiger partial charge is 0.0928 e. The van der Waals surface area contributed by atoms with Crippen LogP contribution < -0.4 is 11.3 Å². The number of nitrogens with zero attached hydrogens (tertiary/aromatic N) is 1. The third-order valence-corrected chi connectivity index (χ3v) is 3.81. The minimum atomic E-state index is 0.380. The Morgan fingerprint density at radius 3 is 2.41 bits per heavy atom. The fourth-order valence-electron chi connectivity index (χ4n) is 1.72. The molecule has 2 rings (SSSR count). The van der Waals surface area contributed by atoms with E-state index in [0.29, 0.717) is 31.7 Å². The van der Waals surface area contributed by atoms with Crippen molar-refractivity contribution in [2.75, 3.05) is 5.43 Å². The van der Waals surface area contributed by atoms with E-state index in [9.17, 15) is 0 Å². The Labute approximate surface area is 114 Å². The molecule has 3 N–H and O–H groups in total. The van der Waals surface area contributed by atoms with Crippen molar-refractivity contribution in [2.45, 2.75) is 13.8 Å². The van der Waals surface area contributed by atoms with Gasteiger partial charge >= 0.3 is 0 Å². The summed E-state index contributed by atoms with van der Waals surface area (Å²) in [6.45, 7) is 3.79. The number of nitrogen functional groups attached to an aromatic ring is 1. The normalized spacial score (nSPS) is 10.9. The van der Waals surface area contributed by atoms with Crippen LogP contribution in [0.1, 0.15) is 11.3 Å². The van der Waals surface area contributed by atoms with Crippen LogP contribution in [0, 0.1) is 13.8 Å². The molecule has 3 nitrogen and oxygen atoms in total. The number of hydrazine groups is 1. The van der Waals surface area contributed by atoms with Crippen LogP contribution in [-0.2, 0) is 0 Å². The van der Waals surface area contributed by atoms with Crippen LogP contribution in [0.25, 0.3) is 10.9 Å². The van der Waals surface area contributed by atoms with Crippen LogP contribution >= 0.6 is 34.8 Å². The van der Waals surface area contributed by atoms with Crippen molar-refractivity contribution in [3.05, 3.63) is 32.4 Å². The summed E-state index contributed by atoms with van der Waals surface area (Å²) in [7, 11) is 0. The molecule has 1 aromatic carbocycles. The number of aromatic nitrogens is 1. The van der Waals surface area contributed by atoms with E-state index in [1.807, 2.05) is 13.8 Å². The Hall–Kier alpha value is -0.740. The van der Waals surface area contributed by atoms with E-state index in [1.165, 1.54) is 0 Å². The summed E-state index contributed by atoms with van der Waals surface area (Å²) in [5.41, 5.74) is 5.68. The van der Waals surface area contributed by atoms with Gasteiger partial charge in [-0.25, -0.2) is 0 Å². The van der Waals surface area contributed by atoms with Crippen LogP contribution in [0.4, 0.5) is 5.69 Å². The van der Waals surface area contributed by atoms with E-state index in [-0.39, 0.29) is 0 Å². The van der Waals surface area contributed by atoms with Gasteiger partial charge in [0.05, 0.1) is 26.3 Å². The zero-order valence-electron chi connectivity index (χ0n) is 9.24. The maximum Gasteiger partial charge on any atom is 0.0928 e. The third-order valence-electron chi connectivity index (χ3n) is 2.74. The minimum absolute atomic E-state index is 0.380. The fourth-order valence-corrected chi connectivity index (χ4v) is 2.47. The number of fused-ring (bicyclic) bond motifs is 1. The fraction of sp³-hybridized carbons (Fsp3) is 0.182. The van der Waals surface area contributed by atoms with E-state index in [2.05, 4.69) is 10.4 Å². The number of benzene rings is 1. The first-order valence-electron chi connectivity index (χ1n) is 4.88. The summed E-state index contributed by atoms with van der Waals surface area (Å²) in [5.74, 6) is 5.53. The zero-order chi connectivity index (χ0) is 12.7. The van der Waals surface area contributed by atoms with Crippen molar-refractivity contribution in [2.24, 2.45) is 5.84 Å². The molecule has 6 heteroatoms. The molecular formula is C11H10Cl3N3. The van der Waals surface area contributed by atoms with E-state index in [0.717, 1.165) is 11.3 Å². The van der Waals surface area contributed by atoms with Gasteiger partial charge in [-0.15, -0.1) is 0 Å². The summed E-state index contributed by atoms with van der Waals surface area (Å²) < 4.78 is 0. The molecule has 0 atom stereocenters. The molecule has 0 aliphatic rings. The highest BCUT2D eigenvalue weighted by Crippen LogP contribution is 2.40. The van der Waals surface area contributed by atoms with Gasteiger partial charge in [-0.2, -0.15) is 0 Å². The quantitative estimate of drug-likeness (QED) is 0.472. The highest BCUT2D eigenvalue weighted by atomic mass is 35.5. The molecule has 1 aromatic heterocycles. The molecule has 0 bridgehead atoms. The van der Waals surface area contributed by atoms with Crippen LogP contribution in [0.3, 0.4) is 0 Å². The van der Waals surface area contributed by atoms with E-state index >= 15 is 0 Å². The molecule has 0 saturated heterocycles. The van der Waals surface area contributed by atoms with Gasteiger partial charge in [0.1, 0.15) is 0 Å². The van der Waals surface area contributed by atoms with Gasteiger partial charge in [0, 0.05) is 11.1 Å². The van der Waals surface area contributed by atoms with Crippen LogP contribution in [-0.4, -0.2) is 4.98 Å². The first kappa shape index (κ1) is 12.7. The second kappa shape index (κ2) is 4.50. The van der Waals surface area contributed by atoms with Crippen LogP contribution in [0.5, 0.6) is 0 Å². The molecule has 90 valence electrons. The van der Waals surface area contributed by atoms with Crippen molar-refractivity contribution >= 4 is 51.4 Å². The Bertz CT molecular complexity index is 611. The van der Waals surface area contributed by atoms with Crippen LogP contribution in [0.2, 0.25) is 15.1 Å². The van der Waals surface area contributed by atoms with Crippen molar-refractivity contribution in [1.82, 2.24) is 4.98 Å². The lowest BCUT2D eigenvalue weighted by atomic mass is 10.1. The van der Waals surface area contributed by atoms with Crippen molar-refractivity contribution < 1.29 is 0 Å². The average molecular weight is 291 g/mol. The molecule has 2 aromatic rings. The molecular weight excluding hydrogens is 281 g/mol. The predicted molar refractivity (Wildman–Crippen MR) is 74.1 cm³/mol. The number of nitrogens with two attached hydrogens (primary N) is 1. The molecule has 0 spiro atoms. The number of pyridine rings is 1. The highest BCUT2D eigenvalue weighted by Gasteiger charge is 2.16. The van der Waals surface area contributed by atoms with E-state index < -0.39 is 0 Å². The lowest BCUT2D eigenvalue weighted by molar-refractivity contribution is 1.18. The van der Waals surface area contributed by atoms with Gasteiger partial charge in [0.15, 0.2) is 0 Å². The highest BCUT2D eigenvalue weighted by molar-refractivity contribution is 6.48. The molecule has 17 heavy (non-hydrogen) atoms. The lowest BCUT2D eigenvalue weighted by Crippen LogP contribution is -2.10. The second-order valence-electron chi connectivity index (χ2n) is 3.72. The summed E-state index contributed by atoms with van der Waals surface area (Å²) in [6.07, 6.45) is 0. The summed E-state index contributed by atoms with van der Waals surface area (Å²) >= 11 is 18.3. The molecule has 0 amide bonds. The number of anilines is 1. The van der Waals surface area contributed by atoms with Gasteiger partial charge in [-0.3, -0.25) is 10.8 Å². The summed E-state index contributed by atoms with van der Waals surface area (Å²) in [6, 6.07) is 1.58. The minimum Gasteiger partial charge on any atom is -0.323 e. The van der Waals surface area contributed by atoms with Gasteiger partial charge in [-0.1, -0.05) is 34.8 Å². The monoisotopic (exact) mass is 289 g/mol. The Morgan fingerprint density at radius 1 is 1.18 bits per heavy atom. The Balaban J connectivity index is 3.06. The number of aryl methyl sites for hydroxylation is 1.